The Balaban J connectivity index is 2.11. The van der Waals surface area contributed by atoms with Crippen molar-refractivity contribution in [3.05, 3.63) is 18.0 Å². The molecular formula is C11H20N4O. The number of rotatable bonds is 6. The lowest BCUT2D eigenvalue weighted by Gasteiger charge is -2.07. The molecule has 1 heterocycles. The maximum atomic E-state index is 11.3. The van der Waals surface area contributed by atoms with Crippen molar-refractivity contribution in [1.29, 1.82) is 0 Å². The monoisotopic (exact) mass is 224 g/mol. The lowest BCUT2D eigenvalue weighted by Crippen LogP contribution is -2.37. The number of carbonyl (C=O) groups is 1. The van der Waals surface area contributed by atoms with Gasteiger partial charge in [-0.25, -0.2) is 4.79 Å². The number of aromatic nitrogens is 2. The van der Waals surface area contributed by atoms with Crippen LogP contribution in [-0.4, -0.2) is 28.9 Å². The van der Waals surface area contributed by atoms with E-state index in [4.69, 9.17) is 0 Å². The maximum absolute atomic E-state index is 11.3. The number of unbranched alkanes of at least 4 members (excludes halogenated alkanes) is 1. The van der Waals surface area contributed by atoms with E-state index in [1.54, 1.807) is 6.20 Å². The third kappa shape index (κ3) is 4.33. The van der Waals surface area contributed by atoms with Crippen molar-refractivity contribution < 1.29 is 4.79 Å². The highest BCUT2D eigenvalue weighted by atomic mass is 16.2. The number of carbonyl (C=O) groups excluding carboxylic acids is 1. The number of nitrogens with one attached hydrogen (secondary N) is 2. The Morgan fingerprint density at radius 1 is 1.44 bits per heavy atom. The average Bonchev–Trinajstić information content (AvgIpc) is 2.65. The van der Waals surface area contributed by atoms with Gasteiger partial charge in [-0.15, -0.1) is 0 Å². The SMILES string of the molecule is CCCCNC(=O)NCCc1ccnn1C. The fraction of sp³-hybridized carbons (Fsp3) is 0.636. The normalized spacial score (nSPS) is 10.1. The van der Waals surface area contributed by atoms with Crippen LogP contribution in [0.5, 0.6) is 0 Å². The molecule has 0 aromatic carbocycles. The van der Waals surface area contributed by atoms with Crippen molar-refractivity contribution in [1.82, 2.24) is 20.4 Å². The van der Waals surface area contributed by atoms with Gasteiger partial charge in [0.1, 0.15) is 0 Å². The molecule has 0 fully saturated rings. The van der Waals surface area contributed by atoms with Crippen LogP contribution in [0.15, 0.2) is 12.3 Å². The first-order chi connectivity index (χ1) is 7.74. The van der Waals surface area contributed by atoms with Crippen LogP contribution in [0.4, 0.5) is 4.79 Å². The van der Waals surface area contributed by atoms with Crippen LogP contribution in [0.3, 0.4) is 0 Å². The van der Waals surface area contributed by atoms with E-state index < -0.39 is 0 Å². The van der Waals surface area contributed by atoms with E-state index in [1.165, 1.54) is 0 Å². The molecule has 0 atom stereocenters. The fourth-order valence-electron chi connectivity index (χ4n) is 1.39. The van der Waals surface area contributed by atoms with Gasteiger partial charge >= 0.3 is 6.03 Å². The molecule has 0 radical (unpaired) electrons. The van der Waals surface area contributed by atoms with Gasteiger partial charge in [0.05, 0.1) is 0 Å². The summed E-state index contributed by atoms with van der Waals surface area (Å²) in [5.74, 6) is 0. The smallest absolute Gasteiger partial charge is 0.314 e. The quantitative estimate of drug-likeness (QED) is 0.710. The average molecular weight is 224 g/mol. The van der Waals surface area contributed by atoms with Gasteiger partial charge in [-0.1, -0.05) is 13.3 Å². The third-order valence-electron chi connectivity index (χ3n) is 2.41. The molecule has 90 valence electrons. The minimum atomic E-state index is -0.0874. The first-order valence-corrected chi connectivity index (χ1v) is 5.72. The Morgan fingerprint density at radius 3 is 2.81 bits per heavy atom. The first-order valence-electron chi connectivity index (χ1n) is 5.72. The fourth-order valence-corrected chi connectivity index (χ4v) is 1.39. The Morgan fingerprint density at radius 2 is 2.19 bits per heavy atom. The highest BCUT2D eigenvalue weighted by Gasteiger charge is 2.00. The molecule has 0 bridgehead atoms. The van der Waals surface area contributed by atoms with Crippen LogP contribution in [0, 0.1) is 0 Å². The van der Waals surface area contributed by atoms with Crippen LogP contribution in [0.25, 0.3) is 0 Å². The van der Waals surface area contributed by atoms with E-state index in [0.717, 1.165) is 31.5 Å². The molecule has 0 saturated carbocycles. The zero-order valence-electron chi connectivity index (χ0n) is 9.99. The minimum Gasteiger partial charge on any atom is -0.338 e. The van der Waals surface area contributed by atoms with E-state index in [9.17, 15) is 4.79 Å². The van der Waals surface area contributed by atoms with Crippen molar-refractivity contribution >= 4 is 6.03 Å². The number of urea groups is 1. The summed E-state index contributed by atoms with van der Waals surface area (Å²) in [6, 6.07) is 1.87. The van der Waals surface area contributed by atoms with Crippen molar-refractivity contribution in [3.8, 4) is 0 Å². The van der Waals surface area contributed by atoms with Gasteiger partial charge in [0.25, 0.3) is 0 Å². The summed E-state index contributed by atoms with van der Waals surface area (Å²) in [7, 11) is 1.90. The van der Waals surface area contributed by atoms with Crippen LogP contribution < -0.4 is 10.6 Å². The summed E-state index contributed by atoms with van der Waals surface area (Å²) < 4.78 is 1.82. The Kier molecular flexibility index (Phi) is 5.39. The molecule has 0 spiro atoms. The van der Waals surface area contributed by atoms with Crippen LogP contribution in [0.1, 0.15) is 25.5 Å². The lowest BCUT2D eigenvalue weighted by atomic mass is 10.3. The molecule has 1 aromatic rings. The summed E-state index contributed by atoms with van der Waals surface area (Å²) in [5.41, 5.74) is 1.12. The van der Waals surface area contributed by atoms with Gasteiger partial charge in [-0.2, -0.15) is 5.10 Å². The molecule has 1 rings (SSSR count). The van der Waals surface area contributed by atoms with Gasteiger partial charge < -0.3 is 10.6 Å². The van der Waals surface area contributed by atoms with Crippen LogP contribution in [0.2, 0.25) is 0 Å². The molecule has 0 saturated heterocycles. The number of amides is 2. The topological polar surface area (TPSA) is 59.0 Å². The molecule has 0 aliphatic heterocycles. The van der Waals surface area contributed by atoms with Crippen molar-refractivity contribution in [3.63, 3.8) is 0 Å². The standard InChI is InChI=1S/C11H20N4O/c1-3-4-7-12-11(16)13-8-5-10-6-9-14-15(10)2/h6,9H,3-5,7-8H2,1-2H3,(H2,12,13,16). The first kappa shape index (κ1) is 12.5. The van der Waals surface area contributed by atoms with E-state index in [0.29, 0.717) is 6.54 Å². The van der Waals surface area contributed by atoms with Crippen LogP contribution >= 0.6 is 0 Å². The zero-order chi connectivity index (χ0) is 11.8. The predicted molar refractivity (Wildman–Crippen MR) is 63.2 cm³/mol. The van der Waals surface area contributed by atoms with Gasteiger partial charge in [-0.05, 0) is 12.5 Å². The van der Waals surface area contributed by atoms with Crippen molar-refractivity contribution in [2.45, 2.75) is 26.2 Å². The van der Waals surface area contributed by atoms with Gasteiger partial charge in [-0.3, -0.25) is 4.68 Å². The molecule has 1 aromatic heterocycles. The third-order valence-corrected chi connectivity index (χ3v) is 2.41. The Bertz CT molecular complexity index is 322. The number of hydrogen-bond donors (Lipinski definition) is 2. The van der Waals surface area contributed by atoms with Gasteiger partial charge in [0.15, 0.2) is 0 Å². The van der Waals surface area contributed by atoms with E-state index in [1.807, 2.05) is 17.8 Å². The highest BCUT2D eigenvalue weighted by Crippen LogP contribution is 1.95. The molecular weight excluding hydrogens is 204 g/mol. The summed E-state index contributed by atoms with van der Waals surface area (Å²) in [5, 5.41) is 9.69. The number of nitrogens with zero attached hydrogens (tertiary/aromatic N) is 2. The summed E-state index contributed by atoms with van der Waals surface area (Å²) >= 11 is 0. The van der Waals surface area contributed by atoms with Crippen molar-refractivity contribution in [2.75, 3.05) is 13.1 Å². The molecule has 0 aliphatic carbocycles. The van der Waals surface area contributed by atoms with Gasteiger partial charge in [0, 0.05) is 38.4 Å². The molecule has 5 nitrogen and oxygen atoms in total. The molecule has 2 N–H and O–H groups in total. The van der Waals surface area contributed by atoms with Crippen molar-refractivity contribution in [2.24, 2.45) is 7.05 Å². The number of aryl methyl sites for hydroxylation is 1. The number of hydrogen-bond acceptors (Lipinski definition) is 2. The molecule has 16 heavy (non-hydrogen) atoms. The molecule has 2 amide bonds. The zero-order valence-corrected chi connectivity index (χ0v) is 9.99. The van der Waals surface area contributed by atoms with Crippen LogP contribution in [-0.2, 0) is 13.5 Å². The van der Waals surface area contributed by atoms with E-state index >= 15 is 0 Å². The predicted octanol–water partition coefficient (Wildman–Crippen LogP) is 1.06. The molecule has 0 aliphatic rings. The van der Waals surface area contributed by atoms with E-state index in [-0.39, 0.29) is 6.03 Å². The second-order valence-corrected chi connectivity index (χ2v) is 3.73. The summed E-state index contributed by atoms with van der Waals surface area (Å²) in [6.45, 7) is 3.48. The Labute approximate surface area is 96.2 Å². The maximum Gasteiger partial charge on any atom is 0.314 e. The second kappa shape index (κ2) is 6.87. The summed E-state index contributed by atoms with van der Waals surface area (Å²) in [4.78, 5) is 11.3. The summed E-state index contributed by atoms with van der Waals surface area (Å²) in [6.07, 6.45) is 4.68. The lowest BCUT2D eigenvalue weighted by molar-refractivity contribution is 0.241. The second-order valence-electron chi connectivity index (χ2n) is 3.73. The highest BCUT2D eigenvalue weighted by molar-refractivity contribution is 5.73. The molecule has 5 heteroatoms. The Hall–Kier alpha value is -1.52. The van der Waals surface area contributed by atoms with E-state index in [2.05, 4.69) is 22.7 Å². The minimum absolute atomic E-state index is 0.0874. The van der Waals surface area contributed by atoms with Gasteiger partial charge in [0.2, 0.25) is 0 Å². The largest absolute Gasteiger partial charge is 0.338 e. The molecule has 0 unspecified atom stereocenters.